The van der Waals surface area contributed by atoms with Gasteiger partial charge in [0, 0.05) is 23.1 Å². The number of nitrogens with zero attached hydrogens (tertiary/aromatic N) is 1. The Labute approximate surface area is 126 Å². The van der Waals surface area contributed by atoms with Gasteiger partial charge < -0.3 is 5.11 Å². The summed E-state index contributed by atoms with van der Waals surface area (Å²) < 4.78 is 41.0. The summed E-state index contributed by atoms with van der Waals surface area (Å²) in [5.74, 6) is -0.875. The number of aliphatic hydroxyl groups is 1. The van der Waals surface area contributed by atoms with Crippen LogP contribution in [-0.4, -0.2) is 30.9 Å². The molecule has 1 aromatic carbocycles. The summed E-state index contributed by atoms with van der Waals surface area (Å²) in [4.78, 5) is -0.381. The Morgan fingerprint density at radius 1 is 1.45 bits per heavy atom. The van der Waals surface area contributed by atoms with E-state index in [0.29, 0.717) is 17.6 Å². The van der Waals surface area contributed by atoms with Crippen LogP contribution in [0.3, 0.4) is 0 Å². The molecule has 1 aliphatic rings. The lowest BCUT2D eigenvalue weighted by Crippen LogP contribution is -2.31. The van der Waals surface area contributed by atoms with Crippen LogP contribution < -0.4 is 0 Å². The van der Waals surface area contributed by atoms with Crippen molar-refractivity contribution in [3.8, 4) is 0 Å². The number of benzene rings is 1. The first kappa shape index (κ1) is 15.9. The lowest BCUT2D eigenvalue weighted by atomic mass is 9.93. The van der Waals surface area contributed by atoms with Gasteiger partial charge in [0.05, 0.1) is 6.61 Å². The third kappa shape index (κ3) is 2.90. The van der Waals surface area contributed by atoms with Crippen LogP contribution in [0.5, 0.6) is 0 Å². The maximum atomic E-state index is 14.2. The van der Waals surface area contributed by atoms with Gasteiger partial charge in [-0.25, -0.2) is 12.8 Å². The molecule has 0 amide bonds. The van der Waals surface area contributed by atoms with E-state index in [1.54, 1.807) is 0 Å². The predicted octanol–water partition coefficient (Wildman–Crippen LogP) is 2.50. The molecule has 0 bridgehead atoms. The van der Waals surface area contributed by atoms with Crippen LogP contribution in [0.15, 0.2) is 21.5 Å². The zero-order chi connectivity index (χ0) is 15.1. The summed E-state index contributed by atoms with van der Waals surface area (Å²) in [5.41, 5.74) is -0.133. The number of sulfonamides is 1. The second-order valence-corrected chi connectivity index (χ2v) is 8.61. The van der Waals surface area contributed by atoms with Gasteiger partial charge >= 0.3 is 0 Å². The van der Waals surface area contributed by atoms with Crippen LogP contribution in [0.1, 0.15) is 25.8 Å². The molecule has 1 heterocycles. The summed E-state index contributed by atoms with van der Waals surface area (Å²) in [6.07, 6.45) is 0.745. The van der Waals surface area contributed by atoms with Crippen molar-refractivity contribution in [2.75, 3.05) is 13.1 Å². The van der Waals surface area contributed by atoms with Crippen molar-refractivity contribution < 1.29 is 17.9 Å². The largest absolute Gasteiger partial charge is 0.392 e. The second kappa shape index (κ2) is 5.36. The number of rotatable bonds is 3. The molecule has 0 aliphatic carbocycles. The van der Waals surface area contributed by atoms with E-state index in [-0.39, 0.29) is 15.9 Å². The summed E-state index contributed by atoms with van der Waals surface area (Å²) in [7, 11) is -3.88. The monoisotopic (exact) mass is 365 g/mol. The molecule has 1 N–H and O–H groups in total. The molecule has 0 aromatic heterocycles. The first-order chi connectivity index (χ1) is 9.17. The number of hydrogen-bond donors (Lipinski definition) is 1. The molecule has 1 saturated heterocycles. The molecule has 7 heteroatoms. The van der Waals surface area contributed by atoms with Gasteiger partial charge in [-0.05, 0) is 24.0 Å². The van der Waals surface area contributed by atoms with Gasteiger partial charge in [0.15, 0.2) is 0 Å². The summed E-state index contributed by atoms with van der Waals surface area (Å²) in [6, 6.07) is 2.62. The van der Waals surface area contributed by atoms with E-state index in [2.05, 4.69) is 15.9 Å². The van der Waals surface area contributed by atoms with Crippen LogP contribution >= 0.6 is 15.9 Å². The van der Waals surface area contributed by atoms with E-state index in [1.165, 1.54) is 16.4 Å². The van der Waals surface area contributed by atoms with E-state index in [4.69, 9.17) is 5.11 Å². The van der Waals surface area contributed by atoms with Gasteiger partial charge in [-0.2, -0.15) is 4.31 Å². The Kier molecular flexibility index (Phi) is 4.26. The molecule has 0 unspecified atom stereocenters. The van der Waals surface area contributed by atoms with E-state index < -0.39 is 22.4 Å². The highest BCUT2D eigenvalue weighted by Gasteiger charge is 2.38. The van der Waals surface area contributed by atoms with E-state index in [1.807, 2.05) is 13.8 Å². The predicted molar refractivity (Wildman–Crippen MR) is 77.2 cm³/mol. The van der Waals surface area contributed by atoms with Crippen molar-refractivity contribution in [3.63, 3.8) is 0 Å². The van der Waals surface area contributed by atoms with E-state index in [0.717, 1.165) is 6.42 Å². The number of halogens is 2. The van der Waals surface area contributed by atoms with Crippen LogP contribution in [0.2, 0.25) is 0 Å². The molecule has 0 saturated carbocycles. The topological polar surface area (TPSA) is 57.6 Å². The molecule has 0 spiro atoms. The zero-order valence-electron chi connectivity index (χ0n) is 11.4. The second-order valence-electron chi connectivity index (χ2n) is 5.79. The zero-order valence-corrected chi connectivity index (χ0v) is 13.8. The van der Waals surface area contributed by atoms with Gasteiger partial charge in [0.1, 0.15) is 10.7 Å². The van der Waals surface area contributed by atoms with Crippen molar-refractivity contribution in [3.05, 3.63) is 28.0 Å². The average Bonchev–Trinajstić information content (AvgIpc) is 2.72. The lowest BCUT2D eigenvalue weighted by Gasteiger charge is -2.20. The molecule has 20 heavy (non-hydrogen) atoms. The highest BCUT2D eigenvalue weighted by atomic mass is 79.9. The van der Waals surface area contributed by atoms with Crippen molar-refractivity contribution in [1.29, 1.82) is 0 Å². The molecule has 2 rings (SSSR count). The van der Waals surface area contributed by atoms with Gasteiger partial charge in [-0.15, -0.1) is 0 Å². The lowest BCUT2D eigenvalue weighted by molar-refractivity contribution is 0.274. The van der Waals surface area contributed by atoms with Crippen molar-refractivity contribution >= 4 is 26.0 Å². The fraction of sp³-hybridized carbons (Fsp3) is 0.538. The first-order valence-corrected chi connectivity index (χ1v) is 8.50. The fourth-order valence-electron chi connectivity index (χ4n) is 2.33. The third-order valence-electron chi connectivity index (χ3n) is 3.51. The smallest absolute Gasteiger partial charge is 0.246 e. The number of hydrogen-bond acceptors (Lipinski definition) is 3. The number of aliphatic hydroxyl groups excluding tert-OH is 1. The van der Waals surface area contributed by atoms with Gasteiger partial charge in [0.25, 0.3) is 0 Å². The Morgan fingerprint density at radius 2 is 2.10 bits per heavy atom. The average molecular weight is 366 g/mol. The molecule has 1 aromatic rings. The minimum atomic E-state index is -3.88. The molecular formula is C13H17BrFNO3S. The van der Waals surface area contributed by atoms with Crippen molar-refractivity contribution in [2.45, 2.75) is 31.8 Å². The third-order valence-corrected chi connectivity index (χ3v) is 5.81. The van der Waals surface area contributed by atoms with Crippen LogP contribution in [0.4, 0.5) is 4.39 Å². The first-order valence-electron chi connectivity index (χ1n) is 6.26. The molecular weight excluding hydrogens is 349 g/mol. The van der Waals surface area contributed by atoms with Gasteiger partial charge in [-0.1, -0.05) is 29.8 Å². The molecule has 1 fully saturated rings. The highest BCUT2D eigenvalue weighted by molar-refractivity contribution is 9.10. The summed E-state index contributed by atoms with van der Waals surface area (Å²) >= 11 is 3.15. The molecule has 4 nitrogen and oxygen atoms in total. The SMILES string of the molecule is CC1(C)CCN(S(=O)(=O)c2cc(Br)cc(CO)c2F)C1. The van der Waals surface area contributed by atoms with Gasteiger partial charge in [-0.3, -0.25) is 0 Å². The maximum Gasteiger partial charge on any atom is 0.246 e. The molecule has 0 radical (unpaired) electrons. The van der Waals surface area contributed by atoms with Crippen LogP contribution in [0, 0.1) is 11.2 Å². The molecule has 1 aliphatic heterocycles. The fourth-order valence-corrected chi connectivity index (χ4v) is 4.75. The van der Waals surface area contributed by atoms with Crippen molar-refractivity contribution in [1.82, 2.24) is 4.31 Å². The standard InChI is InChI=1S/C13H17BrFNO3S/c1-13(2)3-4-16(8-13)20(18,19)11-6-10(14)5-9(7-17)12(11)15/h5-6,17H,3-4,7-8H2,1-2H3. The Hall–Kier alpha value is -0.500. The van der Waals surface area contributed by atoms with Crippen LogP contribution in [-0.2, 0) is 16.6 Å². The normalized spacial score (nSPS) is 19.4. The molecule has 112 valence electrons. The Bertz CT molecular complexity index is 631. The Morgan fingerprint density at radius 3 is 2.60 bits per heavy atom. The van der Waals surface area contributed by atoms with Crippen molar-refractivity contribution in [2.24, 2.45) is 5.41 Å². The van der Waals surface area contributed by atoms with E-state index >= 15 is 0 Å². The maximum absolute atomic E-state index is 14.2. The Balaban J connectivity index is 2.48. The minimum absolute atomic E-state index is 0.0311. The van der Waals surface area contributed by atoms with E-state index in [9.17, 15) is 12.8 Å². The summed E-state index contributed by atoms with van der Waals surface area (Å²) in [5, 5.41) is 9.11. The highest BCUT2D eigenvalue weighted by Crippen LogP contribution is 2.34. The molecule has 0 atom stereocenters. The van der Waals surface area contributed by atoms with Gasteiger partial charge in [0.2, 0.25) is 10.0 Å². The minimum Gasteiger partial charge on any atom is -0.392 e. The van der Waals surface area contributed by atoms with Crippen LogP contribution in [0.25, 0.3) is 0 Å². The summed E-state index contributed by atoms with van der Waals surface area (Å²) in [6.45, 7) is 4.18. The quantitative estimate of drug-likeness (QED) is 0.894.